The Kier molecular flexibility index (Phi) is 7.52. The first-order valence-corrected chi connectivity index (χ1v) is 10.0. The number of para-hydroxylation sites is 1. The van der Waals surface area contributed by atoms with Gasteiger partial charge in [-0.3, -0.25) is 9.59 Å². The van der Waals surface area contributed by atoms with Crippen molar-refractivity contribution >= 4 is 41.7 Å². The van der Waals surface area contributed by atoms with Gasteiger partial charge >= 0.3 is 0 Å². The van der Waals surface area contributed by atoms with Crippen LogP contribution in [0.2, 0.25) is 0 Å². The van der Waals surface area contributed by atoms with Gasteiger partial charge in [0.2, 0.25) is 5.91 Å². The van der Waals surface area contributed by atoms with Crippen molar-refractivity contribution in [1.29, 1.82) is 0 Å². The van der Waals surface area contributed by atoms with Crippen molar-refractivity contribution in [3.05, 3.63) is 59.7 Å². The molecule has 28 heavy (non-hydrogen) atoms. The third kappa shape index (κ3) is 5.50. The Morgan fingerprint density at radius 2 is 1.82 bits per heavy atom. The summed E-state index contributed by atoms with van der Waals surface area (Å²) in [5.74, 6) is 0.180. The molecule has 0 aliphatic carbocycles. The maximum atomic E-state index is 12.7. The SMILES string of the molecule is CC(C)(N)CNC(=O)c1ccccc1SCC(=O)N1CCc2ccccc21.Cl. The van der Waals surface area contributed by atoms with Gasteiger partial charge < -0.3 is 16.0 Å². The maximum absolute atomic E-state index is 12.7. The van der Waals surface area contributed by atoms with Crippen LogP contribution in [-0.2, 0) is 11.2 Å². The summed E-state index contributed by atoms with van der Waals surface area (Å²) >= 11 is 1.40. The first-order valence-electron chi connectivity index (χ1n) is 9.02. The fraction of sp³-hybridized carbons (Fsp3) is 0.333. The number of benzene rings is 2. The molecular weight excluding hydrogens is 394 g/mol. The van der Waals surface area contributed by atoms with Gasteiger partial charge in [-0.05, 0) is 44.0 Å². The lowest BCUT2D eigenvalue weighted by Gasteiger charge is -2.20. The quantitative estimate of drug-likeness (QED) is 0.704. The Labute approximate surface area is 176 Å². The fourth-order valence-electron chi connectivity index (χ4n) is 3.00. The monoisotopic (exact) mass is 419 g/mol. The van der Waals surface area contributed by atoms with Crippen molar-refractivity contribution < 1.29 is 9.59 Å². The zero-order valence-corrected chi connectivity index (χ0v) is 17.7. The van der Waals surface area contributed by atoms with E-state index in [1.54, 1.807) is 6.07 Å². The summed E-state index contributed by atoms with van der Waals surface area (Å²) in [6, 6.07) is 15.4. The Morgan fingerprint density at radius 3 is 2.57 bits per heavy atom. The van der Waals surface area contributed by atoms with E-state index in [4.69, 9.17) is 5.73 Å². The lowest BCUT2D eigenvalue weighted by Crippen LogP contribution is -2.45. The molecule has 0 aromatic heterocycles. The molecule has 0 bridgehead atoms. The van der Waals surface area contributed by atoms with Crippen LogP contribution in [0.5, 0.6) is 0 Å². The van der Waals surface area contributed by atoms with Crippen LogP contribution in [-0.4, -0.2) is 36.2 Å². The van der Waals surface area contributed by atoms with E-state index in [9.17, 15) is 9.59 Å². The number of fused-ring (bicyclic) bond motifs is 1. The summed E-state index contributed by atoms with van der Waals surface area (Å²) in [6.07, 6.45) is 0.889. The van der Waals surface area contributed by atoms with Crippen molar-refractivity contribution in [1.82, 2.24) is 5.32 Å². The van der Waals surface area contributed by atoms with Crippen LogP contribution < -0.4 is 16.0 Å². The van der Waals surface area contributed by atoms with Crippen molar-refractivity contribution in [2.24, 2.45) is 5.73 Å². The molecule has 1 heterocycles. The summed E-state index contributed by atoms with van der Waals surface area (Å²) in [6.45, 7) is 4.82. The number of anilines is 1. The summed E-state index contributed by atoms with van der Waals surface area (Å²) in [4.78, 5) is 27.8. The number of carbonyl (C=O) groups is 2. The first kappa shape index (κ1) is 22.3. The van der Waals surface area contributed by atoms with Crippen LogP contribution in [0.15, 0.2) is 53.4 Å². The van der Waals surface area contributed by atoms with Crippen LogP contribution in [0.25, 0.3) is 0 Å². The average Bonchev–Trinajstić information content (AvgIpc) is 3.08. The van der Waals surface area contributed by atoms with Crippen molar-refractivity contribution in [2.45, 2.75) is 30.7 Å². The van der Waals surface area contributed by atoms with Crippen molar-refractivity contribution in [3.63, 3.8) is 0 Å². The normalized spacial score (nSPS) is 12.9. The van der Waals surface area contributed by atoms with Crippen LogP contribution in [0.3, 0.4) is 0 Å². The summed E-state index contributed by atoms with van der Waals surface area (Å²) in [5.41, 5.74) is 8.24. The van der Waals surface area contributed by atoms with Crippen LogP contribution in [0, 0.1) is 0 Å². The molecule has 150 valence electrons. The molecule has 2 aromatic rings. The molecule has 3 N–H and O–H groups in total. The van der Waals surface area contributed by atoms with Gasteiger partial charge in [-0.15, -0.1) is 24.2 Å². The minimum atomic E-state index is -0.475. The van der Waals surface area contributed by atoms with E-state index in [0.717, 1.165) is 17.0 Å². The van der Waals surface area contributed by atoms with Gasteiger partial charge in [-0.1, -0.05) is 30.3 Å². The second kappa shape index (κ2) is 9.45. The Hall–Kier alpha value is -2.02. The third-order valence-corrected chi connectivity index (χ3v) is 5.43. The van der Waals surface area contributed by atoms with E-state index in [0.29, 0.717) is 24.4 Å². The predicted molar refractivity (Wildman–Crippen MR) is 118 cm³/mol. The molecule has 5 nitrogen and oxygen atoms in total. The van der Waals surface area contributed by atoms with E-state index in [-0.39, 0.29) is 24.2 Å². The minimum Gasteiger partial charge on any atom is -0.350 e. The van der Waals surface area contributed by atoms with Crippen molar-refractivity contribution in [3.8, 4) is 0 Å². The number of halogens is 1. The Balaban J connectivity index is 0.00000280. The number of thioether (sulfide) groups is 1. The average molecular weight is 420 g/mol. The summed E-state index contributed by atoms with van der Waals surface area (Å²) < 4.78 is 0. The van der Waals surface area contributed by atoms with Gasteiger partial charge in [0.1, 0.15) is 0 Å². The molecule has 0 saturated heterocycles. The molecular formula is C21H26ClN3O2S. The van der Waals surface area contributed by atoms with Gasteiger partial charge in [0, 0.05) is 29.2 Å². The molecule has 1 aliphatic heterocycles. The van der Waals surface area contributed by atoms with Gasteiger partial charge in [0.15, 0.2) is 0 Å². The number of nitrogens with two attached hydrogens (primary N) is 1. The van der Waals surface area contributed by atoms with E-state index < -0.39 is 5.54 Å². The van der Waals surface area contributed by atoms with Gasteiger partial charge in [0.25, 0.3) is 5.91 Å². The molecule has 1 aliphatic rings. The molecule has 0 radical (unpaired) electrons. The first-order chi connectivity index (χ1) is 12.8. The van der Waals surface area contributed by atoms with Gasteiger partial charge in [-0.2, -0.15) is 0 Å². The van der Waals surface area contributed by atoms with Crippen molar-refractivity contribution in [2.75, 3.05) is 23.7 Å². The molecule has 0 spiro atoms. The second-order valence-electron chi connectivity index (χ2n) is 7.38. The fourth-order valence-corrected chi connectivity index (χ4v) is 3.92. The van der Waals surface area contributed by atoms with Gasteiger partial charge in [-0.25, -0.2) is 0 Å². The number of nitrogens with one attached hydrogen (secondary N) is 1. The number of carbonyl (C=O) groups excluding carboxylic acids is 2. The minimum absolute atomic E-state index is 0. The highest BCUT2D eigenvalue weighted by molar-refractivity contribution is 8.00. The second-order valence-corrected chi connectivity index (χ2v) is 8.40. The molecule has 0 saturated carbocycles. The molecule has 0 unspecified atom stereocenters. The van der Waals surface area contributed by atoms with Gasteiger partial charge in [0.05, 0.1) is 11.3 Å². The summed E-state index contributed by atoms with van der Waals surface area (Å²) in [5, 5.41) is 2.86. The molecule has 2 aromatic carbocycles. The van der Waals surface area contributed by atoms with Crippen LogP contribution in [0.1, 0.15) is 29.8 Å². The van der Waals surface area contributed by atoms with E-state index in [1.807, 2.05) is 55.1 Å². The third-order valence-electron chi connectivity index (χ3n) is 4.38. The van der Waals surface area contributed by atoms with Crippen LogP contribution in [0.4, 0.5) is 5.69 Å². The van der Waals surface area contributed by atoms with E-state index >= 15 is 0 Å². The highest BCUT2D eigenvalue weighted by Gasteiger charge is 2.24. The zero-order valence-electron chi connectivity index (χ0n) is 16.1. The maximum Gasteiger partial charge on any atom is 0.252 e. The molecule has 7 heteroatoms. The number of rotatable bonds is 6. The number of nitrogens with zero attached hydrogens (tertiary/aromatic N) is 1. The Bertz CT molecular complexity index is 852. The molecule has 0 atom stereocenters. The lowest BCUT2D eigenvalue weighted by molar-refractivity contribution is -0.116. The zero-order chi connectivity index (χ0) is 19.4. The predicted octanol–water partition coefficient (Wildman–Crippen LogP) is 3.26. The highest BCUT2D eigenvalue weighted by Crippen LogP contribution is 2.29. The Morgan fingerprint density at radius 1 is 1.14 bits per heavy atom. The smallest absolute Gasteiger partial charge is 0.252 e. The summed E-state index contributed by atoms with van der Waals surface area (Å²) in [7, 11) is 0. The molecule has 0 fully saturated rings. The lowest BCUT2D eigenvalue weighted by atomic mass is 10.1. The van der Waals surface area contributed by atoms with E-state index in [1.165, 1.54) is 17.3 Å². The number of hydrogen-bond acceptors (Lipinski definition) is 4. The molecule has 2 amide bonds. The topological polar surface area (TPSA) is 75.4 Å². The number of amides is 2. The largest absolute Gasteiger partial charge is 0.350 e. The molecule has 3 rings (SSSR count). The standard InChI is InChI=1S/C21H25N3O2S.ClH/c1-21(2,22)14-23-20(26)16-8-4-6-10-18(16)27-13-19(25)24-12-11-15-7-3-5-9-17(15)24;/h3-10H,11-14,22H2,1-2H3,(H,23,26);1H. The number of hydrogen-bond donors (Lipinski definition) is 2. The highest BCUT2D eigenvalue weighted by atomic mass is 35.5. The van der Waals surface area contributed by atoms with E-state index in [2.05, 4.69) is 11.4 Å². The van der Waals surface area contributed by atoms with Crippen LogP contribution >= 0.6 is 24.2 Å².